The first-order chi connectivity index (χ1) is 12.0. The summed E-state index contributed by atoms with van der Waals surface area (Å²) < 4.78 is 147. The van der Waals surface area contributed by atoms with Crippen LogP contribution in [0, 0.1) is 0 Å². The second-order valence-corrected chi connectivity index (χ2v) is 4.88. The molecule has 0 amide bonds. The molecule has 0 N–H and O–H groups in total. The molecular formula is C14H7F11O2. The predicted octanol–water partition coefficient (Wildman–Crippen LogP) is 5.25. The van der Waals surface area contributed by atoms with E-state index < -0.39 is 53.7 Å². The molecule has 0 aromatic heterocycles. The number of hydrogen-bond acceptors (Lipinski definition) is 2. The van der Waals surface area contributed by atoms with Crippen molar-refractivity contribution in [1.29, 1.82) is 0 Å². The minimum absolute atomic E-state index is 0.511. The number of halogens is 11. The fraction of sp³-hybridized carbons (Fsp3) is 0.357. The minimum atomic E-state index is -7.59. The summed E-state index contributed by atoms with van der Waals surface area (Å²) in [5.41, 5.74) is 0. The molecule has 0 fully saturated rings. The van der Waals surface area contributed by atoms with Gasteiger partial charge in [0.05, 0.1) is 0 Å². The van der Waals surface area contributed by atoms with Gasteiger partial charge in [-0.25, -0.2) is 0 Å². The lowest BCUT2D eigenvalue weighted by atomic mass is 9.96. The van der Waals surface area contributed by atoms with Crippen molar-refractivity contribution in [2.45, 2.75) is 29.9 Å². The molecule has 0 spiro atoms. The molecule has 1 aromatic rings. The first-order valence-corrected chi connectivity index (χ1v) is 6.51. The van der Waals surface area contributed by atoms with Gasteiger partial charge in [-0.2, -0.15) is 48.3 Å². The molecule has 0 aliphatic heterocycles. The molecule has 13 heteroatoms. The van der Waals surface area contributed by atoms with Gasteiger partial charge >= 0.3 is 29.9 Å². The van der Waals surface area contributed by atoms with Gasteiger partial charge in [0.15, 0.2) is 5.76 Å². The lowest BCUT2D eigenvalue weighted by Crippen LogP contribution is -2.67. The van der Waals surface area contributed by atoms with Gasteiger partial charge in [0.1, 0.15) is 12.0 Å². The number of allylic oxidation sites excluding steroid dienone is 2. The summed E-state index contributed by atoms with van der Waals surface area (Å²) in [7, 11) is 0. The topological polar surface area (TPSA) is 26.3 Å². The minimum Gasteiger partial charge on any atom is -0.455 e. The van der Waals surface area contributed by atoms with Gasteiger partial charge in [-0.1, -0.05) is 18.2 Å². The van der Waals surface area contributed by atoms with Crippen LogP contribution in [0.5, 0.6) is 5.75 Å². The van der Waals surface area contributed by atoms with Gasteiger partial charge in [-0.15, -0.1) is 0 Å². The van der Waals surface area contributed by atoms with Crippen molar-refractivity contribution in [2.24, 2.45) is 0 Å². The first-order valence-electron chi connectivity index (χ1n) is 6.51. The number of carbonyl (C=O) groups excluding carboxylic acids is 1. The van der Waals surface area contributed by atoms with Crippen LogP contribution < -0.4 is 4.74 Å². The van der Waals surface area contributed by atoms with E-state index in [4.69, 9.17) is 0 Å². The van der Waals surface area contributed by atoms with Crippen molar-refractivity contribution in [2.75, 3.05) is 0 Å². The first kappa shape index (κ1) is 22.7. The van der Waals surface area contributed by atoms with Crippen LogP contribution in [0.4, 0.5) is 48.3 Å². The number of alkyl halides is 11. The Morgan fingerprint density at radius 3 is 1.63 bits per heavy atom. The lowest BCUT2D eigenvalue weighted by molar-refractivity contribution is -0.419. The molecule has 152 valence electrons. The van der Waals surface area contributed by atoms with Crippen molar-refractivity contribution < 1.29 is 57.8 Å². The van der Waals surface area contributed by atoms with Gasteiger partial charge in [0, 0.05) is 6.08 Å². The van der Waals surface area contributed by atoms with Crippen molar-refractivity contribution >= 4 is 6.29 Å². The molecular weight excluding hydrogens is 409 g/mol. The third-order valence-corrected chi connectivity index (χ3v) is 3.04. The van der Waals surface area contributed by atoms with E-state index in [1.165, 1.54) is 6.07 Å². The van der Waals surface area contributed by atoms with Gasteiger partial charge in [-0.05, 0) is 12.1 Å². The monoisotopic (exact) mass is 416 g/mol. The van der Waals surface area contributed by atoms with Gasteiger partial charge in [0.2, 0.25) is 0 Å². The Bertz CT molecular complexity index is 693. The molecule has 0 atom stereocenters. The third-order valence-electron chi connectivity index (χ3n) is 3.04. The lowest BCUT2D eigenvalue weighted by Gasteiger charge is -2.37. The summed E-state index contributed by atoms with van der Waals surface area (Å²) in [4.78, 5) is 10.3. The van der Waals surface area contributed by atoms with Crippen LogP contribution in [0.15, 0.2) is 42.2 Å². The highest BCUT2D eigenvalue weighted by Gasteiger charge is 2.88. The molecule has 0 unspecified atom stereocenters. The van der Waals surface area contributed by atoms with Gasteiger partial charge < -0.3 is 4.74 Å². The summed E-state index contributed by atoms with van der Waals surface area (Å²) in [6.07, 6.45) is -8.42. The summed E-state index contributed by atoms with van der Waals surface area (Å²) >= 11 is 0. The highest BCUT2D eigenvalue weighted by Crippen LogP contribution is 2.58. The van der Waals surface area contributed by atoms with E-state index in [0.29, 0.717) is 0 Å². The smallest absolute Gasteiger partial charge is 0.455 e. The summed E-state index contributed by atoms with van der Waals surface area (Å²) in [5.74, 6) is -32.1. The molecule has 0 aliphatic carbocycles. The van der Waals surface area contributed by atoms with Crippen LogP contribution in [0.25, 0.3) is 0 Å². The molecule has 0 radical (unpaired) electrons. The van der Waals surface area contributed by atoms with Crippen LogP contribution in [0.2, 0.25) is 0 Å². The Kier molecular flexibility index (Phi) is 5.89. The van der Waals surface area contributed by atoms with Crippen molar-refractivity contribution in [3.63, 3.8) is 0 Å². The number of carbonyl (C=O) groups is 1. The zero-order chi connectivity index (χ0) is 21.3. The molecule has 0 bridgehead atoms. The van der Waals surface area contributed by atoms with Crippen LogP contribution in [-0.4, -0.2) is 36.2 Å². The largest absolute Gasteiger partial charge is 0.460 e. The van der Waals surface area contributed by atoms with Crippen molar-refractivity contribution in [3.8, 4) is 5.75 Å². The fourth-order valence-corrected chi connectivity index (χ4v) is 1.61. The van der Waals surface area contributed by atoms with Crippen molar-refractivity contribution in [3.05, 3.63) is 42.2 Å². The number of benzene rings is 1. The quantitative estimate of drug-likeness (QED) is 0.263. The number of ether oxygens (including phenoxy) is 1. The van der Waals surface area contributed by atoms with E-state index in [-0.39, 0.29) is 0 Å². The Morgan fingerprint density at radius 2 is 1.22 bits per heavy atom. The molecule has 2 nitrogen and oxygen atoms in total. The molecule has 0 saturated heterocycles. The van der Waals surface area contributed by atoms with Crippen LogP contribution >= 0.6 is 0 Å². The number of hydrogen-bond donors (Lipinski definition) is 0. The molecule has 1 aromatic carbocycles. The van der Waals surface area contributed by atoms with Crippen LogP contribution in [0.3, 0.4) is 0 Å². The number of aldehydes is 1. The average molecular weight is 416 g/mol. The zero-order valence-electron chi connectivity index (χ0n) is 12.5. The summed E-state index contributed by atoms with van der Waals surface area (Å²) in [5, 5.41) is 0. The Morgan fingerprint density at radius 1 is 0.741 bits per heavy atom. The zero-order valence-corrected chi connectivity index (χ0v) is 12.5. The van der Waals surface area contributed by atoms with E-state index in [2.05, 4.69) is 4.74 Å². The predicted molar refractivity (Wildman–Crippen MR) is 67.1 cm³/mol. The average Bonchev–Trinajstić information content (AvgIpc) is 2.53. The molecule has 0 heterocycles. The van der Waals surface area contributed by atoms with Crippen LogP contribution in [-0.2, 0) is 4.79 Å². The van der Waals surface area contributed by atoms with Crippen molar-refractivity contribution in [1.82, 2.24) is 0 Å². The normalized spacial score (nSPS) is 14.9. The molecule has 0 saturated carbocycles. The Labute approximate surface area is 143 Å². The van der Waals surface area contributed by atoms with E-state index in [1.54, 1.807) is 0 Å². The maximum absolute atomic E-state index is 13.9. The maximum atomic E-state index is 13.9. The Hall–Kier alpha value is -2.34. The molecule has 27 heavy (non-hydrogen) atoms. The third kappa shape index (κ3) is 3.72. The number of para-hydroxylation sites is 1. The van der Waals surface area contributed by atoms with E-state index >= 15 is 0 Å². The van der Waals surface area contributed by atoms with Crippen LogP contribution in [0.1, 0.15) is 0 Å². The summed E-state index contributed by atoms with van der Waals surface area (Å²) in [6, 6.07) is 5.12. The summed E-state index contributed by atoms with van der Waals surface area (Å²) in [6.45, 7) is 0. The van der Waals surface area contributed by atoms with E-state index in [9.17, 15) is 53.1 Å². The SMILES string of the molecule is O=CC=C(Oc1ccccc1)C(F)(F)C(F)(F)C(F)(F)C(F)(F)C(F)(F)F. The molecule has 0 aliphatic rings. The second-order valence-electron chi connectivity index (χ2n) is 4.88. The second kappa shape index (κ2) is 7.00. The van der Waals surface area contributed by atoms with Gasteiger partial charge in [0.25, 0.3) is 0 Å². The molecule has 1 rings (SSSR count). The Balaban J connectivity index is 3.47. The highest BCUT2D eigenvalue weighted by molar-refractivity contribution is 5.66. The fourth-order valence-electron chi connectivity index (χ4n) is 1.61. The maximum Gasteiger partial charge on any atom is 0.460 e. The van der Waals surface area contributed by atoms with Gasteiger partial charge in [-0.3, -0.25) is 4.79 Å². The highest BCUT2D eigenvalue weighted by atomic mass is 19.4. The van der Waals surface area contributed by atoms with E-state index in [1.807, 2.05) is 0 Å². The number of rotatable bonds is 7. The standard InChI is InChI=1S/C14H7F11O2/c15-10(16,9(6-7-26)27-8-4-2-1-3-5-8)11(17,18)12(19,20)13(21,22)14(23,24)25/h1-7H. The van der Waals surface area contributed by atoms with E-state index in [0.717, 1.165) is 24.3 Å².